The van der Waals surface area contributed by atoms with Crippen molar-refractivity contribution in [3.05, 3.63) is 97.9 Å². The average Bonchev–Trinajstić information content (AvgIpc) is 3.37. The van der Waals surface area contributed by atoms with Gasteiger partial charge in [-0.25, -0.2) is 0 Å². The Balaban J connectivity index is 1.38. The van der Waals surface area contributed by atoms with Gasteiger partial charge in [0.1, 0.15) is 12.4 Å². The van der Waals surface area contributed by atoms with Crippen molar-refractivity contribution >= 4 is 38.9 Å². The summed E-state index contributed by atoms with van der Waals surface area (Å²) in [6, 6.07) is 15.8. The highest BCUT2D eigenvalue weighted by molar-refractivity contribution is 9.10. The van der Waals surface area contributed by atoms with Crippen LogP contribution in [-0.4, -0.2) is 15.7 Å². The minimum absolute atomic E-state index is 0.123. The number of hydrogen-bond donors (Lipinski definition) is 1. The highest BCUT2D eigenvalue weighted by Gasteiger charge is 2.11. The zero-order valence-corrected chi connectivity index (χ0v) is 19.7. The Morgan fingerprint density at radius 1 is 1.13 bits per heavy atom. The number of thiophene rings is 1. The van der Waals surface area contributed by atoms with Crippen LogP contribution < -0.4 is 10.1 Å². The van der Waals surface area contributed by atoms with Gasteiger partial charge < -0.3 is 10.1 Å². The van der Waals surface area contributed by atoms with Crippen molar-refractivity contribution in [3.63, 3.8) is 0 Å². The summed E-state index contributed by atoms with van der Waals surface area (Å²) in [6.07, 6.45) is 3.67. The molecular formula is C24H22BrN3O2S. The molecule has 7 heteroatoms. The second kappa shape index (κ2) is 9.49. The van der Waals surface area contributed by atoms with E-state index in [1.54, 1.807) is 6.20 Å². The average molecular weight is 496 g/mol. The number of halogens is 1. The van der Waals surface area contributed by atoms with Crippen LogP contribution in [0.3, 0.4) is 0 Å². The number of nitrogens with zero attached hydrogens (tertiary/aromatic N) is 2. The molecule has 4 aromatic rings. The fourth-order valence-corrected chi connectivity index (χ4v) is 4.42. The maximum absolute atomic E-state index is 12.7. The van der Waals surface area contributed by atoms with E-state index in [-0.39, 0.29) is 5.91 Å². The number of anilines is 1. The summed E-state index contributed by atoms with van der Waals surface area (Å²) in [5.74, 6) is 0.781. The topological polar surface area (TPSA) is 56.1 Å². The van der Waals surface area contributed by atoms with Gasteiger partial charge in [-0.05, 0) is 70.0 Å². The van der Waals surface area contributed by atoms with Gasteiger partial charge in [-0.2, -0.15) is 5.10 Å². The molecule has 1 amide bonds. The van der Waals surface area contributed by atoms with E-state index >= 15 is 0 Å². The number of ether oxygens (including phenoxy) is 1. The number of hydrogen-bond acceptors (Lipinski definition) is 4. The van der Waals surface area contributed by atoms with Crippen molar-refractivity contribution in [2.45, 2.75) is 27.0 Å². The molecule has 0 saturated heterocycles. The molecule has 0 unspecified atom stereocenters. The number of para-hydroxylation sites is 1. The van der Waals surface area contributed by atoms with E-state index in [0.717, 1.165) is 38.2 Å². The van der Waals surface area contributed by atoms with Gasteiger partial charge in [0.15, 0.2) is 0 Å². The fourth-order valence-electron chi connectivity index (χ4n) is 3.30. The Bertz CT molecular complexity index is 1190. The Morgan fingerprint density at radius 2 is 1.90 bits per heavy atom. The van der Waals surface area contributed by atoms with Crippen molar-refractivity contribution in [3.8, 4) is 5.75 Å². The molecule has 0 atom stereocenters. The van der Waals surface area contributed by atoms with Crippen LogP contribution in [0.15, 0.2) is 70.8 Å². The standard InChI is InChI=1S/C24H22BrN3O2S/c1-16-5-3-6-17(2)23(16)30-14-19-10-22(31-15-19)24(29)27-21-8-4-7-18(9-21)12-28-13-20(25)11-26-28/h3-11,13,15H,12,14H2,1-2H3,(H,27,29). The molecule has 158 valence electrons. The van der Waals surface area contributed by atoms with E-state index in [4.69, 9.17) is 4.74 Å². The number of benzene rings is 2. The summed E-state index contributed by atoms with van der Waals surface area (Å²) in [4.78, 5) is 13.4. The summed E-state index contributed by atoms with van der Waals surface area (Å²) in [5.41, 5.74) is 5.01. The molecule has 0 saturated carbocycles. The van der Waals surface area contributed by atoms with Gasteiger partial charge in [0.25, 0.3) is 5.91 Å². The van der Waals surface area contributed by atoms with E-state index in [1.165, 1.54) is 11.3 Å². The second-order valence-electron chi connectivity index (χ2n) is 7.34. The third-order valence-electron chi connectivity index (χ3n) is 4.80. The zero-order valence-electron chi connectivity index (χ0n) is 17.3. The van der Waals surface area contributed by atoms with Gasteiger partial charge in [0.05, 0.1) is 22.1 Å². The van der Waals surface area contributed by atoms with Crippen LogP contribution in [0.1, 0.15) is 31.9 Å². The summed E-state index contributed by atoms with van der Waals surface area (Å²) < 4.78 is 8.78. The lowest BCUT2D eigenvalue weighted by Gasteiger charge is -2.11. The molecule has 0 fully saturated rings. The number of carbonyl (C=O) groups excluding carboxylic acids is 1. The fraction of sp³-hybridized carbons (Fsp3) is 0.167. The number of aryl methyl sites for hydroxylation is 2. The minimum atomic E-state index is -0.123. The van der Waals surface area contributed by atoms with E-state index in [9.17, 15) is 4.79 Å². The SMILES string of the molecule is Cc1cccc(C)c1OCc1csc(C(=O)Nc2cccc(Cn3cc(Br)cn3)c2)c1. The van der Waals surface area contributed by atoms with Crippen LogP contribution in [0.2, 0.25) is 0 Å². The number of rotatable bonds is 7. The highest BCUT2D eigenvalue weighted by Crippen LogP contribution is 2.25. The first kappa shape index (κ1) is 21.3. The Kier molecular flexibility index (Phi) is 6.53. The third-order valence-corrected chi connectivity index (χ3v) is 6.19. The predicted molar refractivity (Wildman–Crippen MR) is 128 cm³/mol. The summed E-state index contributed by atoms with van der Waals surface area (Å²) in [5, 5.41) is 9.23. The van der Waals surface area contributed by atoms with Gasteiger partial charge in [0, 0.05) is 17.4 Å². The van der Waals surface area contributed by atoms with Gasteiger partial charge in [0.2, 0.25) is 0 Å². The van der Waals surface area contributed by atoms with Crippen molar-refractivity contribution in [1.82, 2.24) is 9.78 Å². The lowest BCUT2D eigenvalue weighted by molar-refractivity contribution is 0.103. The molecule has 2 aromatic carbocycles. The van der Waals surface area contributed by atoms with Crippen molar-refractivity contribution < 1.29 is 9.53 Å². The minimum Gasteiger partial charge on any atom is -0.488 e. The number of amides is 1. The normalized spacial score (nSPS) is 10.8. The quantitative estimate of drug-likeness (QED) is 0.331. The van der Waals surface area contributed by atoms with Crippen molar-refractivity contribution in [2.75, 3.05) is 5.32 Å². The van der Waals surface area contributed by atoms with Crippen LogP contribution in [0.4, 0.5) is 5.69 Å². The van der Waals surface area contributed by atoms with E-state index in [1.807, 2.05) is 78.6 Å². The van der Waals surface area contributed by atoms with Crippen LogP contribution in [0.25, 0.3) is 0 Å². The molecule has 0 bridgehead atoms. The maximum Gasteiger partial charge on any atom is 0.265 e. The zero-order chi connectivity index (χ0) is 21.8. The first-order valence-corrected chi connectivity index (χ1v) is 11.5. The number of nitrogens with one attached hydrogen (secondary N) is 1. The Labute approximate surface area is 193 Å². The first-order chi connectivity index (χ1) is 15.0. The third kappa shape index (κ3) is 5.42. The van der Waals surface area contributed by atoms with Crippen molar-refractivity contribution in [1.29, 1.82) is 0 Å². The van der Waals surface area contributed by atoms with E-state index in [2.05, 4.69) is 26.3 Å². The van der Waals surface area contributed by atoms with Crippen LogP contribution in [0.5, 0.6) is 5.75 Å². The lowest BCUT2D eigenvalue weighted by atomic mass is 10.1. The Hall–Kier alpha value is -2.90. The van der Waals surface area contributed by atoms with Crippen molar-refractivity contribution in [2.24, 2.45) is 0 Å². The monoisotopic (exact) mass is 495 g/mol. The Morgan fingerprint density at radius 3 is 2.65 bits per heavy atom. The molecule has 0 spiro atoms. The predicted octanol–water partition coefficient (Wildman–Crippen LogP) is 6.20. The number of carbonyl (C=O) groups is 1. The largest absolute Gasteiger partial charge is 0.488 e. The molecule has 4 rings (SSSR count). The second-order valence-corrected chi connectivity index (χ2v) is 9.17. The van der Waals surface area contributed by atoms with E-state index in [0.29, 0.717) is 18.0 Å². The van der Waals surface area contributed by atoms with E-state index < -0.39 is 0 Å². The smallest absolute Gasteiger partial charge is 0.265 e. The highest BCUT2D eigenvalue weighted by atomic mass is 79.9. The molecule has 2 heterocycles. The molecular weight excluding hydrogens is 474 g/mol. The van der Waals surface area contributed by atoms with Gasteiger partial charge >= 0.3 is 0 Å². The van der Waals surface area contributed by atoms with Gasteiger partial charge in [-0.15, -0.1) is 11.3 Å². The van der Waals surface area contributed by atoms with Crippen LogP contribution in [-0.2, 0) is 13.2 Å². The summed E-state index contributed by atoms with van der Waals surface area (Å²) >= 11 is 4.82. The number of aromatic nitrogens is 2. The molecule has 31 heavy (non-hydrogen) atoms. The molecule has 0 aliphatic carbocycles. The molecule has 0 aliphatic rings. The van der Waals surface area contributed by atoms with Crippen LogP contribution >= 0.6 is 27.3 Å². The lowest BCUT2D eigenvalue weighted by Crippen LogP contribution is -2.10. The summed E-state index contributed by atoms with van der Waals surface area (Å²) in [7, 11) is 0. The van der Waals surface area contributed by atoms with Gasteiger partial charge in [-0.1, -0.05) is 30.3 Å². The van der Waals surface area contributed by atoms with Crippen LogP contribution in [0, 0.1) is 13.8 Å². The molecule has 0 radical (unpaired) electrons. The van der Waals surface area contributed by atoms with Gasteiger partial charge in [-0.3, -0.25) is 9.48 Å². The molecule has 5 nitrogen and oxygen atoms in total. The molecule has 0 aliphatic heterocycles. The molecule has 1 N–H and O–H groups in total. The molecule has 2 aromatic heterocycles. The first-order valence-electron chi connectivity index (χ1n) is 9.82. The summed E-state index contributed by atoms with van der Waals surface area (Å²) in [6.45, 7) is 5.14. The maximum atomic E-state index is 12.7.